The number of hydrogen-bond acceptors (Lipinski definition) is 6. The monoisotopic (exact) mass is 314 g/mol. The van der Waals surface area contributed by atoms with E-state index in [0.717, 1.165) is 15.8 Å². The molecule has 0 atom stereocenters. The lowest BCUT2D eigenvalue weighted by Crippen LogP contribution is -2.23. The molecule has 1 aromatic carbocycles. The number of amides is 1. The zero-order valence-corrected chi connectivity index (χ0v) is 12.7. The first kappa shape index (κ1) is 14.3. The molecule has 1 amide bonds. The van der Waals surface area contributed by atoms with Gasteiger partial charge in [-0.25, -0.2) is 9.97 Å². The third-order valence-corrected chi connectivity index (χ3v) is 3.94. The van der Waals surface area contributed by atoms with Crippen molar-refractivity contribution < 1.29 is 9.53 Å². The molecule has 0 fully saturated rings. The number of pyridine rings is 1. The van der Waals surface area contributed by atoms with Crippen molar-refractivity contribution >= 4 is 32.6 Å². The fourth-order valence-electron chi connectivity index (χ4n) is 2.02. The van der Waals surface area contributed by atoms with Crippen LogP contribution < -0.4 is 15.8 Å². The molecule has 2 aromatic heterocycles. The third kappa shape index (κ3) is 2.99. The third-order valence-electron chi connectivity index (χ3n) is 3.09. The predicted molar refractivity (Wildman–Crippen MR) is 86.0 cm³/mol. The Balaban J connectivity index is 1.71. The number of nitrogens with two attached hydrogens (primary N) is 1. The van der Waals surface area contributed by atoms with Crippen LogP contribution in [0.4, 0.5) is 5.13 Å². The number of nitrogens with zero attached hydrogens (tertiary/aromatic N) is 2. The van der Waals surface area contributed by atoms with Gasteiger partial charge < -0.3 is 15.8 Å². The Morgan fingerprint density at radius 2 is 2.18 bits per heavy atom. The number of nitrogens with one attached hydrogen (secondary N) is 1. The van der Waals surface area contributed by atoms with Crippen molar-refractivity contribution in [2.24, 2.45) is 0 Å². The summed E-state index contributed by atoms with van der Waals surface area (Å²) >= 11 is 1.43. The summed E-state index contributed by atoms with van der Waals surface area (Å²) in [7, 11) is 1.51. The van der Waals surface area contributed by atoms with Gasteiger partial charge in [-0.05, 0) is 23.8 Å². The van der Waals surface area contributed by atoms with E-state index >= 15 is 0 Å². The van der Waals surface area contributed by atoms with Crippen molar-refractivity contribution in [3.8, 4) is 5.88 Å². The molecule has 0 aliphatic heterocycles. The number of nitrogen functional groups attached to an aromatic ring is 1. The van der Waals surface area contributed by atoms with Gasteiger partial charge >= 0.3 is 0 Å². The molecular formula is C15H14N4O2S. The van der Waals surface area contributed by atoms with Crippen molar-refractivity contribution in [2.75, 3.05) is 12.8 Å². The van der Waals surface area contributed by atoms with Gasteiger partial charge in [-0.2, -0.15) is 0 Å². The highest BCUT2D eigenvalue weighted by molar-refractivity contribution is 7.22. The number of carbonyl (C=O) groups is 1. The Labute approximate surface area is 131 Å². The number of hydrogen-bond donors (Lipinski definition) is 2. The minimum Gasteiger partial charge on any atom is -0.481 e. The number of rotatable bonds is 4. The summed E-state index contributed by atoms with van der Waals surface area (Å²) in [6, 6.07) is 10.9. The summed E-state index contributed by atoms with van der Waals surface area (Å²) in [6.07, 6.45) is 0. The lowest BCUT2D eigenvalue weighted by molar-refractivity contribution is 0.0945. The molecule has 3 aromatic rings. The van der Waals surface area contributed by atoms with Gasteiger partial charge in [0.05, 0.1) is 17.3 Å². The highest BCUT2D eigenvalue weighted by Crippen LogP contribution is 2.24. The van der Waals surface area contributed by atoms with Crippen molar-refractivity contribution in [1.82, 2.24) is 15.3 Å². The lowest BCUT2D eigenvalue weighted by atomic mass is 10.2. The maximum Gasteiger partial charge on any atom is 0.270 e. The Morgan fingerprint density at radius 3 is 3.00 bits per heavy atom. The second-order valence-corrected chi connectivity index (χ2v) is 5.66. The standard InChI is InChI=1S/C15H14N4O2S/c1-21-13-4-2-3-11(18-13)14(20)17-8-9-5-6-10-12(7-9)22-15(16)19-10/h2-7H,8H2,1H3,(H2,16,19)(H,17,20). The first-order valence-corrected chi connectivity index (χ1v) is 7.41. The van der Waals surface area contributed by atoms with Gasteiger partial charge in [0.1, 0.15) is 5.69 Å². The molecule has 0 aliphatic carbocycles. The maximum absolute atomic E-state index is 12.1. The van der Waals surface area contributed by atoms with Crippen molar-refractivity contribution in [2.45, 2.75) is 6.54 Å². The molecule has 0 aliphatic rings. The Bertz CT molecular complexity index is 831. The lowest BCUT2D eigenvalue weighted by Gasteiger charge is -2.06. The number of ether oxygens (including phenoxy) is 1. The van der Waals surface area contributed by atoms with Gasteiger partial charge in [-0.1, -0.05) is 23.5 Å². The van der Waals surface area contributed by atoms with Crippen LogP contribution in [-0.2, 0) is 6.54 Å². The Kier molecular flexibility index (Phi) is 3.88. The molecule has 3 rings (SSSR count). The zero-order valence-electron chi connectivity index (χ0n) is 11.9. The van der Waals surface area contributed by atoms with Gasteiger partial charge in [0.25, 0.3) is 5.91 Å². The maximum atomic E-state index is 12.1. The first-order valence-electron chi connectivity index (χ1n) is 6.60. The summed E-state index contributed by atoms with van der Waals surface area (Å²) in [6.45, 7) is 0.408. The van der Waals surface area contributed by atoms with Gasteiger partial charge in [0.2, 0.25) is 5.88 Å². The first-order chi connectivity index (χ1) is 10.7. The second-order valence-electron chi connectivity index (χ2n) is 4.60. The number of thiazole rings is 1. The fraction of sp³-hybridized carbons (Fsp3) is 0.133. The van der Waals surface area contributed by atoms with Crippen LogP contribution in [0.3, 0.4) is 0 Å². The number of fused-ring (bicyclic) bond motifs is 1. The molecule has 0 saturated heterocycles. The summed E-state index contributed by atoms with van der Waals surface area (Å²) < 4.78 is 6.01. The van der Waals surface area contributed by atoms with Gasteiger partial charge in [-0.3, -0.25) is 4.79 Å². The number of anilines is 1. The molecule has 2 heterocycles. The van der Waals surface area contributed by atoms with Gasteiger partial charge in [-0.15, -0.1) is 0 Å². The Hall–Kier alpha value is -2.67. The summed E-state index contributed by atoms with van der Waals surface area (Å²) in [5.41, 5.74) is 7.85. The smallest absolute Gasteiger partial charge is 0.270 e. The van der Waals surface area contributed by atoms with E-state index in [9.17, 15) is 4.79 Å². The van der Waals surface area contributed by atoms with E-state index < -0.39 is 0 Å². The van der Waals surface area contributed by atoms with E-state index in [4.69, 9.17) is 10.5 Å². The average Bonchev–Trinajstić information content (AvgIpc) is 2.91. The molecule has 7 heteroatoms. The average molecular weight is 314 g/mol. The van der Waals surface area contributed by atoms with E-state index in [-0.39, 0.29) is 5.91 Å². The normalized spacial score (nSPS) is 10.6. The van der Waals surface area contributed by atoms with Crippen molar-refractivity contribution in [3.05, 3.63) is 47.7 Å². The number of benzene rings is 1. The van der Waals surface area contributed by atoms with Crippen molar-refractivity contribution in [1.29, 1.82) is 0 Å². The zero-order chi connectivity index (χ0) is 15.5. The van der Waals surface area contributed by atoms with Crippen LogP contribution in [0.5, 0.6) is 5.88 Å². The molecule has 0 saturated carbocycles. The highest BCUT2D eigenvalue weighted by atomic mass is 32.1. The van der Waals surface area contributed by atoms with E-state index in [1.807, 2.05) is 18.2 Å². The van der Waals surface area contributed by atoms with Gasteiger partial charge in [0, 0.05) is 12.6 Å². The molecule has 0 bridgehead atoms. The van der Waals surface area contributed by atoms with Crippen LogP contribution in [0, 0.1) is 0 Å². The second kappa shape index (κ2) is 5.98. The highest BCUT2D eigenvalue weighted by Gasteiger charge is 2.09. The number of aromatic nitrogens is 2. The van der Waals surface area contributed by atoms with Crippen molar-refractivity contribution in [3.63, 3.8) is 0 Å². The largest absolute Gasteiger partial charge is 0.481 e. The molecule has 0 spiro atoms. The van der Waals surface area contributed by atoms with Crippen LogP contribution in [0.1, 0.15) is 16.1 Å². The van der Waals surface area contributed by atoms with Crippen LogP contribution in [-0.4, -0.2) is 23.0 Å². The SMILES string of the molecule is COc1cccc(C(=O)NCc2ccc3nc(N)sc3c2)n1. The van der Waals surface area contributed by atoms with E-state index in [0.29, 0.717) is 23.3 Å². The topological polar surface area (TPSA) is 90.1 Å². The fourth-order valence-corrected chi connectivity index (χ4v) is 2.82. The summed E-state index contributed by atoms with van der Waals surface area (Å²) in [4.78, 5) is 20.4. The molecule has 3 N–H and O–H groups in total. The molecule has 0 unspecified atom stereocenters. The number of methoxy groups -OCH3 is 1. The molecular weight excluding hydrogens is 300 g/mol. The van der Waals surface area contributed by atoms with Gasteiger partial charge in [0.15, 0.2) is 5.13 Å². The summed E-state index contributed by atoms with van der Waals surface area (Å²) in [5, 5.41) is 3.37. The molecule has 6 nitrogen and oxygen atoms in total. The van der Waals surface area contributed by atoms with Crippen LogP contribution in [0.25, 0.3) is 10.2 Å². The van der Waals surface area contributed by atoms with E-state index in [2.05, 4.69) is 15.3 Å². The Morgan fingerprint density at radius 1 is 1.32 bits per heavy atom. The van der Waals surface area contributed by atoms with Crippen LogP contribution in [0.15, 0.2) is 36.4 Å². The minimum absolute atomic E-state index is 0.247. The van der Waals surface area contributed by atoms with E-state index in [1.54, 1.807) is 18.2 Å². The minimum atomic E-state index is -0.247. The van der Waals surface area contributed by atoms with Crippen LogP contribution in [0.2, 0.25) is 0 Å². The summed E-state index contributed by atoms with van der Waals surface area (Å²) in [5.74, 6) is 0.164. The predicted octanol–water partition coefficient (Wildman–Crippen LogP) is 2.21. The molecule has 22 heavy (non-hydrogen) atoms. The van der Waals surface area contributed by atoms with Crippen LogP contribution >= 0.6 is 11.3 Å². The molecule has 0 radical (unpaired) electrons. The number of carbonyl (C=O) groups excluding carboxylic acids is 1. The quantitative estimate of drug-likeness (QED) is 0.770. The van der Waals surface area contributed by atoms with E-state index in [1.165, 1.54) is 18.4 Å². The molecule has 112 valence electrons.